The SMILES string of the molecule is [C-]#[N+]c1cc(Nc2ncc(Br)c(Nc3ccc4nc(C5CC5)ccc4c3P(C)(C)=O)n2)c(OC)cc1N1CCOCC1. The number of aromatic nitrogens is 3. The van der Waals surface area contributed by atoms with Crippen molar-refractivity contribution in [2.45, 2.75) is 18.8 Å². The normalized spacial score (nSPS) is 15.4. The van der Waals surface area contributed by atoms with Gasteiger partial charge in [0.05, 0.1) is 48.3 Å². The zero-order chi connectivity index (χ0) is 29.4. The van der Waals surface area contributed by atoms with Crippen LogP contribution in [0.25, 0.3) is 15.7 Å². The van der Waals surface area contributed by atoms with Crippen molar-refractivity contribution in [1.29, 1.82) is 0 Å². The molecule has 0 unspecified atom stereocenters. The van der Waals surface area contributed by atoms with Gasteiger partial charge in [-0.1, -0.05) is 6.07 Å². The second-order valence-corrected chi connectivity index (χ2v) is 14.8. The zero-order valence-electron chi connectivity index (χ0n) is 23.6. The van der Waals surface area contributed by atoms with Crippen LogP contribution in [-0.2, 0) is 9.30 Å². The van der Waals surface area contributed by atoms with Crippen LogP contribution in [0.15, 0.2) is 47.1 Å². The van der Waals surface area contributed by atoms with Gasteiger partial charge >= 0.3 is 0 Å². The molecule has 2 aromatic heterocycles. The minimum atomic E-state index is -2.71. The molecule has 10 nitrogen and oxygen atoms in total. The number of halogens is 1. The molecular weight excluding hydrogens is 617 g/mol. The first-order chi connectivity index (χ1) is 20.2. The lowest BCUT2D eigenvalue weighted by Gasteiger charge is -2.30. The van der Waals surface area contributed by atoms with E-state index in [4.69, 9.17) is 26.0 Å². The minimum Gasteiger partial charge on any atom is -0.495 e. The van der Waals surface area contributed by atoms with Gasteiger partial charge in [0.15, 0.2) is 0 Å². The van der Waals surface area contributed by atoms with E-state index in [0.29, 0.717) is 71.3 Å². The number of nitrogens with one attached hydrogen (secondary N) is 2. The molecule has 42 heavy (non-hydrogen) atoms. The molecule has 1 aliphatic heterocycles. The first-order valence-electron chi connectivity index (χ1n) is 13.7. The summed E-state index contributed by atoms with van der Waals surface area (Å²) in [7, 11) is -1.12. The summed E-state index contributed by atoms with van der Waals surface area (Å²) in [5.41, 5.74) is 4.52. The standard InChI is InChI=1S/C30H31BrN7O3P/c1-32-24-15-25(27(40-2)16-26(24)38-11-13-41-14-12-38)36-30-33-17-20(31)29(37-30)35-23-10-9-22-19(28(23)42(3,4)39)7-8-21(34-22)18-5-6-18/h7-10,15-18H,5-6,11-14H2,2-4H3,(H2,33,35,36,37). The highest BCUT2D eigenvalue weighted by Crippen LogP contribution is 2.44. The van der Waals surface area contributed by atoms with Gasteiger partial charge in [0.1, 0.15) is 18.7 Å². The topological polar surface area (TPSA) is 106 Å². The molecule has 2 aromatic carbocycles. The maximum absolute atomic E-state index is 13.6. The van der Waals surface area contributed by atoms with Crippen LogP contribution in [0.4, 0.5) is 34.5 Å². The molecule has 2 fully saturated rings. The highest BCUT2D eigenvalue weighted by atomic mass is 79.9. The van der Waals surface area contributed by atoms with Gasteiger partial charge in [-0.05, 0) is 72.4 Å². The number of anilines is 5. The summed E-state index contributed by atoms with van der Waals surface area (Å²) < 4.78 is 25.4. The molecule has 216 valence electrons. The third-order valence-corrected chi connectivity index (χ3v) is 9.55. The van der Waals surface area contributed by atoms with Crippen LogP contribution < -0.4 is 25.6 Å². The van der Waals surface area contributed by atoms with E-state index in [9.17, 15) is 4.57 Å². The van der Waals surface area contributed by atoms with Crippen LogP contribution in [0.5, 0.6) is 5.75 Å². The second kappa shape index (κ2) is 11.5. The smallest absolute Gasteiger partial charge is 0.229 e. The Balaban J connectivity index is 1.33. The van der Waals surface area contributed by atoms with E-state index in [1.165, 1.54) is 12.8 Å². The summed E-state index contributed by atoms with van der Waals surface area (Å²) in [6.45, 7) is 14.0. The van der Waals surface area contributed by atoms with Crippen molar-refractivity contribution in [3.8, 4) is 5.75 Å². The number of morpholine rings is 1. The quantitative estimate of drug-likeness (QED) is 0.158. The Bertz CT molecular complexity index is 1760. The number of nitrogens with zero attached hydrogens (tertiary/aromatic N) is 5. The Morgan fingerprint density at radius 1 is 1.10 bits per heavy atom. The first-order valence-corrected chi connectivity index (χ1v) is 17.1. The van der Waals surface area contributed by atoms with Crippen molar-refractivity contribution >= 4 is 73.8 Å². The van der Waals surface area contributed by atoms with Gasteiger partial charge in [0.2, 0.25) is 11.6 Å². The van der Waals surface area contributed by atoms with Gasteiger partial charge in [-0.25, -0.2) is 9.83 Å². The summed E-state index contributed by atoms with van der Waals surface area (Å²) in [6, 6.07) is 11.6. The van der Waals surface area contributed by atoms with Gasteiger partial charge < -0.3 is 29.6 Å². The summed E-state index contributed by atoms with van der Waals surface area (Å²) in [5, 5.41) is 8.21. The monoisotopic (exact) mass is 647 g/mol. The molecule has 1 saturated carbocycles. The molecule has 4 aromatic rings. The molecule has 0 bridgehead atoms. The number of hydrogen-bond acceptors (Lipinski definition) is 9. The van der Waals surface area contributed by atoms with E-state index < -0.39 is 7.14 Å². The third kappa shape index (κ3) is 5.80. The van der Waals surface area contributed by atoms with Crippen molar-refractivity contribution in [2.24, 2.45) is 0 Å². The Morgan fingerprint density at radius 2 is 1.88 bits per heavy atom. The Hall–Kier alpha value is -3.71. The minimum absolute atomic E-state index is 0.309. The second-order valence-electron chi connectivity index (χ2n) is 10.8. The molecule has 6 rings (SSSR count). The zero-order valence-corrected chi connectivity index (χ0v) is 26.1. The van der Waals surface area contributed by atoms with E-state index in [1.54, 1.807) is 32.7 Å². The summed E-state index contributed by atoms with van der Waals surface area (Å²) in [4.78, 5) is 19.9. The van der Waals surface area contributed by atoms with E-state index >= 15 is 0 Å². The lowest BCUT2D eigenvalue weighted by atomic mass is 10.1. The lowest BCUT2D eigenvalue weighted by molar-refractivity contribution is 0.123. The van der Waals surface area contributed by atoms with Gasteiger partial charge in [-0.3, -0.25) is 4.98 Å². The van der Waals surface area contributed by atoms with Crippen LogP contribution in [-0.4, -0.2) is 61.7 Å². The van der Waals surface area contributed by atoms with E-state index in [-0.39, 0.29) is 0 Å². The first kappa shape index (κ1) is 28.4. The summed E-state index contributed by atoms with van der Waals surface area (Å²) in [6.07, 6.45) is 3.99. The van der Waals surface area contributed by atoms with Crippen LogP contribution in [0.1, 0.15) is 24.5 Å². The third-order valence-electron chi connectivity index (χ3n) is 7.41. The number of methoxy groups -OCH3 is 1. The van der Waals surface area contributed by atoms with Gasteiger partial charge in [-0.2, -0.15) is 4.98 Å². The fraction of sp³-hybridized carbons (Fsp3) is 0.333. The van der Waals surface area contributed by atoms with Crippen molar-refractivity contribution in [1.82, 2.24) is 15.0 Å². The molecule has 2 N–H and O–H groups in total. The summed E-state index contributed by atoms with van der Waals surface area (Å²) in [5.74, 6) is 1.91. The van der Waals surface area contributed by atoms with Crippen LogP contribution in [0, 0.1) is 6.57 Å². The van der Waals surface area contributed by atoms with E-state index in [2.05, 4.69) is 47.4 Å². The highest BCUT2D eigenvalue weighted by molar-refractivity contribution is 9.10. The lowest BCUT2D eigenvalue weighted by Crippen LogP contribution is -2.36. The Kier molecular flexibility index (Phi) is 7.79. The molecule has 0 spiro atoms. The number of pyridine rings is 1. The molecule has 1 saturated heterocycles. The fourth-order valence-corrected chi connectivity index (χ4v) is 7.00. The maximum Gasteiger partial charge on any atom is 0.229 e. The van der Waals surface area contributed by atoms with Gasteiger partial charge in [0.25, 0.3) is 0 Å². The number of fused-ring (bicyclic) bond motifs is 1. The predicted octanol–water partition coefficient (Wildman–Crippen LogP) is 6.80. The van der Waals surface area contributed by atoms with Crippen LogP contribution in [0.3, 0.4) is 0 Å². The van der Waals surface area contributed by atoms with E-state index in [0.717, 1.165) is 27.6 Å². The average molecular weight is 649 g/mol. The molecule has 0 radical (unpaired) electrons. The Morgan fingerprint density at radius 3 is 2.57 bits per heavy atom. The van der Waals surface area contributed by atoms with Crippen LogP contribution >= 0.6 is 23.1 Å². The predicted molar refractivity (Wildman–Crippen MR) is 171 cm³/mol. The molecule has 12 heteroatoms. The van der Waals surface area contributed by atoms with Crippen molar-refractivity contribution < 1.29 is 14.0 Å². The Labute approximate surface area is 253 Å². The number of rotatable bonds is 8. The number of benzene rings is 2. The molecule has 3 heterocycles. The molecule has 0 amide bonds. The van der Waals surface area contributed by atoms with Crippen LogP contribution in [0.2, 0.25) is 0 Å². The largest absolute Gasteiger partial charge is 0.495 e. The molecule has 0 atom stereocenters. The number of ether oxygens (including phenoxy) is 2. The molecule has 1 aliphatic carbocycles. The van der Waals surface area contributed by atoms with Crippen molar-refractivity contribution in [3.05, 3.63) is 64.2 Å². The highest BCUT2D eigenvalue weighted by Gasteiger charge is 2.27. The van der Waals surface area contributed by atoms with Gasteiger partial charge in [-0.15, -0.1) is 0 Å². The van der Waals surface area contributed by atoms with E-state index in [1.807, 2.05) is 24.3 Å². The summed E-state index contributed by atoms with van der Waals surface area (Å²) >= 11 is 3.56. The van der Waals surface area contributed by atoms with Crippen molar-refractivity contribution in [2.75, 3.05) is 62.3 Å². The number of hydrogen-bond donors (Lipinski definition) is 2. The fourth-order valence-electron chi connectivity index (χ4n) is 5.23. The average Bonchev–Trinajstić information content (AvgIpc) is 3.84. The van der Waals surface area contributed by atoms with Gasteiger partial charge in [0, 0.05) is 47.3 Å². The molecule has 2 aliphatic rings. The maximum atomic E-state index is 13.6. The van der Waals surface area contributed by atoms with Crippen molar-refractivity contribution in [3.63, 3.8) is 0 Å². The molecular formula is C30H31BrN7O3P.